The highest BCUT2D eigenvalue weighted by Crippen LogP contribution is 2.17. The van der Waals surface area contributed by atoms with E-state index in [0.29, 0.717) is 0 Å². The zero-order valence-corrected chi connectivity index (χ0v) is 10.8. The van der Waals surface area contributed by atoms with Crippen molar-refractivity contribution in [3.8, 4) is 11.1 Å². The first-order valence-corrected chi connectivity index (χ1v) is 5.55. The molecule has 0 spiro atoms. The molecule has 1 atom stereocenters. The summed E-state index contributed by atoms with van der Waals surface area (Å²) in [5.74, 6) is 0. The molecule has 0 saturated heterocycles. The van der Waals surface area contributed by atoms with E-state index in [0.717, 1.165) is 0 Å². The molecule has 7 N–H and O–H groups in total. The molecule has 2 aromatic carbocycles. The van der Waals surface area contributed by atoms with Crippen LogP contribution in [0.3, 0.4) is 0 Å². The molecule has 94 valence electrons. The second-order valence-corrected chi connectivity index (χ2v) is 3.05. The minimum atomic E-state index is -1.50. The molecule has 0 aromatic heterocycles. The zero-order chi connectivity index (χ0) is 10.9. The van der Waals surface area contributed by atoms with Gasteiger partial charge in [0.25, 0.3) is 0 Å². The first kappa shape index (κ1) is 17.9. The summed E-state index contributed by atoms with van der Waals surface area (Å²) in [5, 5.41) is 0. The Morgan fingerprint density at radius 3 is 1.18 bits per heavy atom. The predicted octanol–water partition coefficient (Wildman–Crippen LogP) is 3.33. The quantitative estimate of drug-likeness (QED) is 0.678. The van der Waals surface area contributed by atoms with Crippen LogP contribution < -0.4 is 12.3 Å². The number of hydrogen-bond donors (Lipinski definition) is 3. The Labute approximate surface area is 103 Å². The van der Waals surface area contributed by atoms with Crippen molar-refractivity contribution in [1.82, 2.24) is 12.3 Å². The lowest BCUT2D eigenvalue weighted by molar-refractivity contribution is 0.524. The molecular weight excluding hydrogens is 235 g/mol. The second-order valence-electron chi connectivity index (χ2n) is 2.84. The third kappa shape index (κ3) is 6.66. The van der Waals surface area contributed by atoms with Crippen LogP contribution in [0.5, 0.6) is 0 Å². The lowest BCUT2D eigenvalue weighted by Gasteiger charge is -1.98. The van der Waals surface area contributed by atoms with Gasteiger partial charge in [0.05, 0.1) is 0 Å². The van der Waals surface area contributed by atoms with Crippen LogP contribution in [0, 0.1) is 0 Å². The molecule has 0 aliphatic heterocycles. The average Bonchev–Trinajstić information content (AvgIpc) is 2.32. The molecule has 0 aliphatic rings. The molecule has 0 bridgehead atoms. The number of hydrogen-bond acceptors (Lipinski definition) is 3. The Balaban J connectivity index is 0. The van der Waals surface area contributed by atoms with Gasteiger partial charge in [-0.3, -0.25) is 4.57 Å². The lowest BCUT2D eigenvalue weighted by atomic mass is 10.1. The molecule has 0 radical (unpaired) electrons. The van der Waals surface area contributed by atoms with Gasteiger partial charge in [-0.1, -0.05) is 60.7 Å². The highest BCUT2D eigenvalue weighted by atomic mass is 31.1. The maximum absolute atomic E-state index is 8.57. The van der Waals surface area contributed by atoms with Gasteiger partial charge in [-0.25, -0.2) is 0 Å². The van der Waals surface area contributed by atoms with Crippen LogP contribution in [0.4, 0.5) is 0 Å². The molecule has 4 nitrogen and oxygen atoms in total. The molecule has 5 heteroatoms. The summed E-state index contributed by atoms with van der Waals surface area (Å²) < 4.78 is 8.57. The Morgan fingerprint density at radius 1 is 0.706 bits per heavy atom. The van der Waals surface area contributed by atoms with Gasteiger partial charge in [0.2, 0.25) is 0 Å². The molecule has 1 unspecified atom stereocenters. The first-order valence-electron chi connectivity index (χ1n) is 4.57. The van der Waals surface area contributed by atoms with Gasteiger partial charge in [-0.15, -0.1) is 0 Å². The lowest BCUT2D eigenvalue weighted by Crippen LogP contribution is -1.73. The molecule has 0 saturated carbocycles. The highest BCUT2D eigenvalue weighted by molar-refractivity contribution is 7.16. The van der Waals surface area contributed by atoms with Gasteiger partial charge in [0.1, 0.15) is 0 Å². The summed E-state index contributed by atoms with van der Waals surface area (Å²) in [6, 6.07) is 20.8. The van der Waals surface area contributed by atoms with Crippen LogP contribution in [0.1, 0.15) is 0 Å². The minimum Gasteiger partial charge on any atom is -0.348 e. The summed E-state index contributed by atoms with van der Waals surface area (Å²) in [6.07, 6.45) is 0. The summed E-state index contributed by atoms with van der Waals surface area (Å²) in [5.41, 5.74) is 2.55. The SMILES string of the molecule is N.N.O=[PH2]O.c1ccc(-c2ccccc2)cc1. The Morgan fingerprint density at radius 2 is 0.941 bits per heavy atom. The summed E-state index contributed by atoms with van der Waals surface area (Å²) in [6.45, 7) is 0. The average molecular weight is 254 g/mol. The van der Waals surface area contributed by atoms with Crippen LogP contribution in [0.15, 0.2) is 60.7 Å². The molecule has 0 heterocycles. The van der Waals surface area contributed by atoms with Gasteiger partial charge >= 0.3 is 0 Å². The molecule has 17 heavy (non-hydrogen) atoms. The van der Waals surface area contributed by atoms with Crippen molar-refractivity contribution in [3.05, 3.63) is 60.7 Å². The second kappa shape index (κ2) is 11.0. The van der Waals surface area contributed by atoms with E-state index in [1.165, 1.54) is 11.1 Å². The molecule has 2 aromatic rings. The Kier molecular flexibility index (Phi) is 11.7. The van der Waals surface area contributed by atoms with Crippen LogP contribution in [-0.2, 0) is 4.57 Å². The van der Waals surface area contributed by atoms with Crippen LogP contribution in [0.25, 0.3) is 11.1 Å². The van der Waals surface area contributed by atoms with Crippen molar-refractivity contribution in [2.75, 3.05) is 0 Å². The third-order valence-electron chi connectivity index (χ3n) is 1.88. The van der Waals surface area contributed by atoms with Crippen molar-refractivity contribution in [1.29, 1.82) is 0 Å². The van der Waals surface area contributed by atoms with Gasteiger partial charge < -0.3 is 17.2 Å². The largest absolute Gasteiger partial charge is 0.348 e. The smallest absolute Gasteiger partial charge is 0.177 e. The van der Waals surface area contributed by atoms with Crippen LogP contribution >= 0.6 is 8.69 Å². The molecule has 0 amide bonds. The zero-order valence-electron chi connectivity index (χ0n) is 9.62. The maximum atomic E-state index is 8.57. The summed E-state index contributed by atoms with van der Waals surface area (Å²) >= 11 is 0. The van der Waals surface area contributed by atoms with Gasteiger partial charge in [-0.2, -0.15) is 0 Å². The van der Waals surface area contributed by atoms with Crippen LogP contribution in [-0.4, -0.2) is 4.89 Å². The summed E-state index contributed by atoms with van der Waals surface area (Å²) in [7, 11) is -1.50. The first-order chi connectivity index (χ1) is 7.38. The van der Waals surface area contributed by atoms with E-state index < -0.39 is 8.69 Å². The van der Waals surface area contributed by atoms with Crippen molar-refractivity contribution in [2.24, 2.45) is 0 Å². The fourth-order valence-electron chi connectivity index (χ4n) is 1.26. The fourth-order valence-corrected chi connectivity index (χ4v) is 1.26. The Bertz CT molecular complexity index is 358. The van der Waals surface area contributed by atoms with E-state index in [1.807, 2.05) is 12.1 Å². The van der Waals surface area contributed by atoms with E-state index >= 15 is 0 Å². The van der Waals surface area contributed by atoms with Crippen LogP contribution in [0.2, 0.25) is 0 Å². The maximum Gasteiger partial charge on any atom is 0.177 e. The monoisotopic (exact) mass is 254 g/mol. The van der Waals surface area contributed by atoms with Crippen molar-refractivity contribution in [3.63, 3.8) is 0 Å². The van der Waals surface area contributed by atoms with Crippen molar-refractivity contribution < 1.29 is 9.46 Å². The molecule has 2 rings (SSSR count). The number of benzene rings is 2. The highest BCUT2D eigenvalue weighted by Gasteiger charge is 1.91. The van der Waals surface area contributed by atoms with Gasteiger partial charge in [-0.05, 0) is 11.1 Å². The van der Waals surface area contributed by atoms with E-state index in [4.69, 9.17) is 9.46 Å². The van der Waals surface area contributed by atoms with Crippen molar-refractivity contribution >= 4 is 8.69 Å². The van der Waals surface area contributed by atoms with Gasteiger partial charge in [0, 0.05) is 0 Å². The topological polar surface area (TPSA) is 107 Å². The number of rotatable bonds is 1. The standard InChI is InChI=1S/C12H10.2H3N.H3O2P/c1-3-7-11(8-4-1)12-9-5-2-6-10-12;;;1-3-2/h1-10H;2*1H3;3H2,(H,1,2). The van der Waals surface area contributed by atoms with E-state index in [-0.39, 0.29) is 12.3 Å². The van der Waals surface area contributed by atoms with Crippen molar-refractivity contribution in [2.45, 2.75) is 0 Å². The van der Waals surface area contributed by atoms with Gasteiger partial charge in [0.15, 0.2) is 8.69 Å². The molecule has 0 fully saturated rings. The fraction of sp³-hybridized carbons (Fsp3) is 0. The third-order valence-corrected chi connectivity index (χ3v) is 1.88. The van der Waals surface area contributed by atoms with E-state index in [2.05, 4.69) is 48.5 Å². The molecule has 0 aliphatic carbocycles. The summed E-state index contributed by atoms with van der Waals surface area (Å²) in [4.78, 5) is 7.10. The minimum absolute atomic E-state index is 0. The Hall–Kier alpha value is -1.45. The predicted molar refractivity (Wildman–Crippen MR) is 74.5 cm³/mol. The van der Waals surface area contributed by atoms with E-state index in [1.54, 1.807) is 0 Å². The molecular formula is C12H19N2O2P. The normalized spacial score (nSPS) is 8.53. The van der Waals surface area contributed by atoms with E-state index in [9.17, 15) is 0 Å².